The van der Waals surface area contributed by atoms with Gasteiger partial charge in [0.2, 0.25) is 5.91 Å². The number of quaternary nitrogens is 1. The number of carbonyl (C=O) groups excluding carboxylic acids is 1. The maximum absolute atomic E-state index is 13.1. The molecule has 0 aromatic heterocycles. The van der Waals surface area contributed by atoms with Crippen LogP contribution in [0.3, 0.4) is 0 Å². The molecule has 0 fully saturated rings. The molecule has 0 aromatic rings. The fraction of sp³-hybridized carbons (Fsp3) is 0.785. The standard InChI is InChI=1S/C79H145N2O6P/c1-6-8-10-12-14-16-18-20-22-24-26-28-30-32-34-36-37-38-39-40-41-42-43-45-47-49-51-53-55-57-59-61-63-65-67-69-71-73-79(83)80-77(76-87-88(84,85)86-75-74-81(3,4)5)78(82)72-70-68-66-64-62-60-58-56-54-52-50-48-46-44-35-33-31-29-27-25-23-21-19-17-15-13-11-9-7-2/h8,10,14,16,20,22,26,28,32,34,37-38,40-41,70,72,77-78,82H,6-7,9,11-13,15,17-19,21,23-25,27,29-31,33,35-36,39,42-69,71,73-76H2,1-5H3,(H-,80,83,84,85)/p+1/b10-8-,16-14-,22-20-,28-26-,34-32-,38-37-,41-40-,72-70+. The van der Waals surface area contributed by atoms with Gasteiger partial charge in [0.15, 0.2) is 0 Å². The summed E-state index contributed by atoms with van der Waals surface area (Å²) in [7, 11) is 1.58. The van der Waals surface area contributed by atoms with Gasteiger partial charge in [0, 0.05) is 6.42 Å². The summed E-state index contributed by atoms with van der Waals surface area (Å²) in [5.74, 6) is -0.175. The van der Waals surface area contributed by atoms with E-state index in [2.05, 4.69) is 104 Å². The number of phosphoric ester groups is 1. The number of likely N-dealkylation sites (N-methyl/N-ethyl adjacent to an activating group) is 1. The number of hydrogen-bond donors (Lipinski definition) is 3. The van der Waals surface area contributed by atoms with E-state index in [1.54, 1.807) is 6.08 Å². The summed E-state index contributed by atoms with van der Waals surface area (Å²) in [4.78, 5) is 23.5. The van der Waals surface area contributed by atoms with Crippen molar-refractivity contribution in [3.8, 4) is 0 Å². The molecule has 3 atom stereocenters. The third-order valence-corrected chi connectivity index (χ3v) is 17.8. The third-order valence-electron chi connectivity index (χ3n) is 16.8. The Morgan fingerprint density at radius 1 is 0.398 bits per heavy atom. The number of carbonyl (C=O) groups is 1. The first-order valence-electron chi connectivity index (χ1n) is 37.6. The van der Waals surface area contributed by atoms with Crippen molar-refractivity contribution >= 4 is 13.7 Å². The summed E-state index contributed by atoms with van der Waals surface area (Å²) in [6.07, 6.45) is 100.0. The minimum absolute atomic E-state index is 0.0596. The molecule has 0 rings (SSSR count). The lowest BCUT2D eigenvalue weighted by molar-refractivity contribution is -0.870. The van der Waals surface area contributed by atoms with Crippen molar-refractivity contribution in [1.29, 1.82) is 0 Å². The Balaban J connectivity index is 4.04. The van der Waals surface area contributed by atoms with Gasteiger partial charge in [0.1, 0.15) is 13.2 Å². The van der Waals surface area contributed by atoms with Crippen LogP contribution in [-0.4, -0.2) is 73.4 Å². The lowest BCUT2D eigenvalue weighted by Crippen LogP contribution is -2.45. The van der Waals surface area contributed by atoms with Crippen molar-refractivity contribution in [3.63, 3.8) is 0 Å². The van der Waals surface area contributed by atoms with E-state index in [0.717, 1.165) is 83.5 Å². The van der Waals surface area contributed by atoms with Crippen molar-refractivity contribution in [2.75, 3.05) is 40.9 Å². The second-order valence-electron chi connectivity index (χ2n) is 26.6. The van der Waals surface area contributed by atoms with Crippen LogP contribution in [0.2, 0.25) is 0 Å². The van der Waals surface area contributed by atoms with Crippen molar-refractivity contribution in [3.05, 3.63) is 97.2 Å². The highest BCUT2D eigenvalue weighted by Crippen LogP contribution is 2.43. The molecule has 0 saturated heterocycles. The Morgan fingerprint density at radius 2 is 0.682 bits per heavy atom. The van der Waals surface area contributed by atoms with Gasteiger partial charge in [-0.3, -0.25) is 13.8 Å². The number of aliphatic hydroxyl groups excluding tert-OH is 1. The molecular formula is C79H146N2O6P+. The smallest absolute Gasteiger partial charge is 0.387 e. The number of amides is 1. The molecule has 3 unspecified atom stereocenters. The molecule has 0 bridgehead atoms. The van der Waals surface area contributed by atoms with E-state index in [-0.39, 0.29) is 19.1 Å². The van der Waals surface area contributed by atoms with Gasteiger partial charge in [-0.1, -0.05) is 361 Å². The Hall–Kier alpha value is -2.58. The summed E-state index contributed by atoms with van der Waals surface area (Å²) < 4.78 is 23.9. The fourth-order valence-corrected chi connectivity index (χ4v) is 11.8. The zero-order valence-corrected chi connectivity index (χ0v) is 59.6. The molecule has 1 amide bonds. The minimum Gasteiger partial charge on any atom is -0.387 e. The fourth-order valence-electron chi connectivity index (χ4n) is 11.0. The molecule has 0 aliphatic carbocycles. The summed E-state index contributed by atoms with van der Waals surface area (Å²) in [5.41, 5.74) is 0. The Morgan fingerprint density at radius 3 is 1.00 bits per heavy atom. The summed E-state index contributed by atoms with van der Waals surface area (Å²) >= 11 is 0. The summed E-state index contributed by atoms with van der Waals surface area (Å²) in [5, 5.41) is 14.0. The molecule has 512 valence electrons. The molecule has 0 aliphatic heterocycles. The van der Waals surface area contributed by atoms with Gasteiger partial charge in [-0.05, 0) is 77.0 Å². The second-order valence-corrected chi connectivity index (χ2v) is 28.1. The maximum Gasteiger partial charge on any atom is 0.472 e. The Bertz CT molecular complexity index is 1760. The Labute approximate surface area is 547 Å². The number of allylic oxidation sites excluding steroid dienone is 15. The van der Waals surface area contributed by atoms with Crippen LogP contribution in [-0.2, 0) is 18.4 Å². The average Bonchev–Trinajstić information content (AvgIpc) is 3.70. The average molecular weight is 1250 g/mol. The van der Waals surface area contributed by atoms with Crippen molar-refractivity contribution in [1.82, 2.24) is 5.32 Å². The predicted molar refractivity (Wildman–Crippen MR) is 387 cm³/mol. The molecule has 0 aliphatic rings. The van der Waals surface area contributed by atoms with Gasteiger partial charge in [-0.15, -0.1) is 0 Å². The first kappa shape index (κ1) is 85.4. The molecule has 8 nitrogen and oxygen atoms in total. The lowest BCUT2D eigenvalue weighted by Gasteiger charge is -2.25. The van der Waals surface area contributed by atoms with Gasteiger partial charge in [-0.2, -0.15) is 0 Å². The molecule has 0 radical (unpaired) electrons. The van der Waals surface area contributed by atoms with Crippen LogP contribution in [0.4, 0.5) is 0 Å². The quantitative estimate of drug-likeness (QED) is 0.0243. The summed E-state index contributed by atoms with van der Waals surface area (Å²) in [6.45, 7) is 4.74. The van der Waals surface area contributed by atoms with E-state index in [1.807, 2.05) is 27.2 Å². The van der Waals surface area contributed by atoms with Crippen LogP contribution in [0.5, 0.6) is 0 Å². The largest absolute Gasteiger partial charge is 0.472 e. The van der Waals surface area contributed by atoms with E-state index in [0.29, 0.717) is 17.4 Å². The first-order chi connectivity index (χ1) is 43.0. The number of hydrogen-bond acceptors (Lipinski definition) is 5. The van der Waals surface area contributed by atoms with Crippen molar-refractivity contribution < 1.29 is 32.9 Å². The molecular weight excluding hydrogens is 1100 g/mol. The lowest BCUT2D eigenvalue weighted by atomic mass is 10.0. The molecule has 9 heteroatoms. The minimum atomic E-state index is -4.36. The van der Waals surface area contributed by atoms with E-state index >= 15 is 0 Å². The van der Waals surface area contributed by atoms with Crippen LogP contribution in [0.1, 0.15) is 348 Å². The van der Waals surface area contributed by atoms with Crippen LogP contribution in [0, 0.1) is 0 Å². The number of unbranched alkanes of at least 4 members (excludes halogenated alkanes) is 42. The topological polar surface area (TPSA) is 105 Å². The normalized spacial score (nSPS) is 14.1. The maximum atomic E-state index is 13.1. The molecule has 0 saturated carbocycles. The number of rotatable bonds is 69. The number of nitrogens with one attached hydrogen (secondary N) is 1. The highest BCUT2D eigenvalue weighted by Gasteiger charge is 2.28. The van der Waals surface area contributed by atoms with Crippen LogP contribution >= 0.6 is 7.82 Å². The number of phosphoric acid groups is 1. The van der Waals surface area contributed by atoms with Gasteiger partial charge >= 0.3 is 7.82 Å². The summed E-state index contributed by atoms with van der Waals surface area (Å²) in [6, 6.07) is -0.853. The van der Waals surface area contributed by atoms with Crippen LogP contribution in [0.15, 0.2) is 97.2 Å². The van der Waals surface area contributed by atoms with Gasteiger partial charge in [-0.25, -0.2) is 4.57 Å². The molecule has 88 heavy (non-hydrogen) atoms. The first-order valence-corrected chi connectivity index (χ1v) is 39.1. The highest BCUT2D eigenvalue weighted by molar-refractivity contribution is 7.47. The van der Waals surface area contributed by atoms with Gasteiger partial charge < -0.3 is 19.8 Å². The third kappa shape index (κ3) is 70.9. The molecule has 3 N–H and O–H groups in total. The zero-order chi connectivity index (χ0) is 64.1. The van der Waals surface area contributed by atoms with E-state index in [4.69, 9.17) is 9.05 Å². The molecule has 0 spiro atoms. The van der Waals surface area contributed by atoms with E-state index < -0.39 is 20.0 Å². The van der Waals surface area contributed by atoms with Gasteiger partial charge in [0.05, 0.1) is 39.9 Å². The SMILES string of the molecule is CC/C=C\C/C=C\C/C=C\C/C=C\C/C=C\C/C=C\C/C=C\CCCCCCCCCCCCCCCCCC(=O)NC(COP(=O)(O)OCC[N+](C)(C)C)C(O)/C=C/CCCCCCCCCCCCCCCCCCCCCCCCCCCCC. The van der Waals surface area contributed by atoms with Crippen molar-refractivity contribution in [2.24, 2.45) is 0 Å². The molecule has 0 aromatic carbocycles. The number of aliphatic hydroxyl groups is 1. The van der Waals surface area contributed by atoms with Crippen molar-refractivity contribution in [2.45, 2.75) is 360 Å². The van der Waals surface area contributed by atoms with Crippen LogP contribution in [0.25, 0.3) is 0 Å². The second kappa shape index (κ2) is 68.8. The predicted octanol–water partition coefficient (Wildman–Crippen LogP) is 24.4. The van der Waals surface area contributed by atoms with E-state index in [1.165, 1.54) is 244 Å². The monoisotopic (exact) mass is 1250 g/mol. The van der Waals surface area contributed by atoms with E-state index in [9.17, 15) is 19.4 Å². The van der Waals surface area contributed by atoms with Gasteiger partial charge in [0.25, 0.3) is 0 Å². The van der Waals surface area contributed by atoms with Crippen LogP contribution < -0.4 is 5.32 Å². The highest BCUT2D eigenvalue weighted by atomic mass is 31.2. The Kier molecular flexibility index (Phi) is 66.8. The number of nitrogens with zero attached hydrogens (tertiary/aromatic N) is 1. The zero-order valence-electron chi connectivity index (χ0n) is 58.7. The molecule has 0 heterocycles.